The fraction of sp³-hybridized carbons (Fsp3) is 0.500. The van der Waals surface area contributed by atoms with Gasteiger partial charge in [-0.05, 0) is 24.8 Å². The summed E-state index contributed by atoms with van der Waals surface area (Å²) < 4.78 is 0. The van der Waals surface area contributed by atoms with E-state index >= 15 is 0 Å². The van der Waals surface area contributed by atoms with E-state index in [2.05, 4.69) is 27.4 Å². The highest BCUT2D eigenvalue weighted by Gasteiger charge is 2.18. The van der Waals surface area contributed by atoms with Crippen molar-refractivity contribution in [2.24, 2.45) is 5.41 Å². The second-order valence-corrected chi connectivity index (χ2v) is 4.52. The van der Waals surface area contributed by atoms with E-state index in [1.807, 2.05) is 26.0 Å². The lowest BCUT2D eigenvalue weighted by molar-refractivity contribution is 0.381. The Balaban J connectivity index is 4.95. The zero-order chi connectivity index (χ0) is 10.6. The second-order valence-electron chi connectivity index (χ2n) is 4.52. The minimum absolute atomic E-state index is 0.0578. The van der Waals surface area contributed by atoms with Gasteiger partial charge in [0.1, 0.15) is 5.76 Å². The van der Waals surface area contributed by atoms with Gasteiger partial charge in [0.15, 0.2) is 0 Å². The van der Waals surface area contributed by atoms with Crippen LogP contribution in [-0.4, -0.2) is 5.11 Å². The first-order valence-electron chi connectivity index (χ1n) is 4.49. The Kier molecular flexibility index (Phi) is 3.99. The largest absolute Gasteiger partial charge is 0.508 e. The molecule has 0 aliphatic heterocycles. The molecule has 74 valence electrons. The molecule has 1 N–H and O–H groups in total. The minimum Gasteiger partial charge on any atom is -0.508 e. The molecule has 0 aromatic carbocycles. The summed E-state index contributed by atoms with van der Waals surface area (Å²) >= 11 is 0. The van der Waals surface area contributed by atoms with E-state index in [0.29, 0.717) is 0 Å². The topological polar surface area (TPSA) is 20.2 Å². The van der Waals surface area contributed by atoms with E-state index in [1.54, 1.807) is 0 Å². The lowest BCUT2D eigenvalue weighted by Crippen LogP contribution is -2.10. The van der Waals surface area contributed by atoms with Gasteiger partial charge in [-0.1, -0.05) is 45.1 Å². The molecule has 0 radical (unpaired) electrons. The molecule has 1 heteroatoms. The van der Waals surface area contributed by atoms with Gasteiger partial charge < -0.3 is 5.11 Å². The maximum atomic E-state index is 9.37. The average molecular weight is 180 g/mol. The maximum Gasteiger partial charge on any atom is 0.112 e. The first-order chi connectivity index (χ1) is 5.75. The molecule has 0 aromatic rings. The van der Waals surface area contributed by atoms with Gasteiger partial charge in [-0.3, -0.25) is 0 Å². The van der Waals surface area contributed by atoms with Crippen LogP contribution in [0.4, 0.5) is 0 Å². The van der Waals surface area contributed by atoms with Crippen molar-refractivity contribution in [3.63, 3.8) is 0 Å². The fourth-order valence-electron chi connectivity index (χ4n) is 1.03. The molecule has 0 aromatic heterocycles. The predicted molar refractivity (Wildman–Crippen MR) is 58.7 cm³/mol. The van der Waals surface area contributed by atoms with Crippen molar-refractivity contribution in [1.29, 1.82) is 0 Å². The normalized spacial score (nSPS) is 12.5. The Morgan fingerprint density at radius 2 is 1.62 bits per heavy atom. The van der Waals surface area contributed by atoms with E-state index in [-0.39, 0.29) is 11.2 Å². The molecule has 0 heterocycles. The molecule has 0 atom stereocenters. The number of aliphatic hydroxyl groups is 1. The monoisotopic (exact) mass is 180 g/mol. The summed E-state index contributed by atoms with van der Waals surface area (Å²) in [6.07, 6.45) is 3.92. The van der Waals surface area contributed by atoms with E-state index in [1.165, 1.54) is 5.57 Å². The molecule has 0 spiro atoms. The summed E-state index contributed by atoms with van der Waals surface area (Å²) in [7, 11) is 0. The van der Waals surface area contributed by atoms with Crippen LogP contribution in [0, 0.1) is 5.41 Å². The van der Waals surface area contributed by atoms with Gasteiger partial charge in [-0.2, -0.15) is 0 Å². The standard InChI is InChI=1S/C12H20O/c1-9(2)7-8-11(10(3)13)12(4,5)6/h7-8,13H,3H2,1-2,4-6H3/b11-8+. The van der Waals surface area contributed by atoms with E-state index in [4.69, 9.17) is 0 Å². The van der Waals surface area contributed by atoms with Gasteiger partial charge in [0, 0.05) is 0 Å². The molecule has 0 unspecified atom stereocenters. The summed E-state index contributed by atoms with van der Waals surface area (Å²) in [5.74, 6) is 0.157. The van der Waals surface area contributed by atoms with Gasteiger partial charge in [-0.15, -0.1) is 0 Å². The molecule has 0 saturated carbocycles. The van der Waals surface area contributed by atoms with E-state index in [0.717, 1.165) is 5.57 Å². The number of rotatable bonds is 2. The van der Waals surface area contributed by atoms with Gasteiger partial charge in [0.25, 0.3) is 0 Å². The quantitative estimate of drug-likeness (QED) is 0.503. The molecule has 1 nitrogen and oxygen atoms in total. The summed E-state index contributed by atoms with van der Waals surface area (Å²) in [6.45, 7) is 13.8. The fourth-order valence-corrected chi connectivity index (χ4v) is 1.03. The number of aliphatic hydroxyl groups excluding tert-OH is 1. The van der Waals surface area contributed by atoms with Gasteiger partial charge >= 0.3 is 0 Å². The van der Waals surface area contributed by atoms with Gasteiger partial charge in [-0.25, -0.2) is 0 Å². The first kappa shape index (κ1) is 12.0. The third kappa shape index (κ3) is 4.56. The Bertz CT molecular complexity index is 245. The maximum absolute atomic E-state index is 9.37. The van der Waals surface area contributed by atoms with Gasteiger partial charge in [0.2, 0.25) is 0 Å². The lowest BCUT2D eigenvalue weighted by Gasteiger charge is -2.21. The average Bonchev–Trinajstić information content (AvgIpc) is 1.81. The van der Waals surface area contributed by atoms with Crippen LogP contribution in [0.25, 0.3) is 0 Å². The molecule has 0 fully saturated rings. The Hall–Kier alpha value is -0.980. The molecule has 0 saturated heterocycles. The zero-order valence-corrected chi connectivity index (χ0v) is 9.31. The third-order valence-electron chi connectivity index (χ3n) is 1.70. The highest BCUT2D eigenvalue weighted by molar-refractivity contribution is 5.32. The highest BCUT2D eigenvalue weighted by atomic mass is 16.3. The SMILES string of the molecule is C=C(O)/C(=C\C=C(C)C)C(C)(C)C. The molecule has 0 aliphatic carbocycles. The summed E-state index contributed by atoms with van der Waals surface area (Å²) in [5, 5.41) is 9.37. The van der Waals surface area contributed by atoms with Crippen LogP contribution in [0.5, 0.6) is 0 Å². The van der Waals surface area contributed by atoms with Crippen molar-refractivity contribution < 1.29 is 5.11 Å². The zero-order valence-electron chi connectivity index (χ0n) is 9.31. The van der Waals surface area contributed by atoms with Crippen LogP contribution in [0.1, 0.15) is 34.6 Å². The van der Waals surface area contributed by atoms with Crippen LogP contribution in [0.2, 0.25) is 0 Å². The molecular weight excluding hydrogens is 160 g/mol. The van der Waals surface area contributed by atoms with Crippen LogP contribution < -0.4 is 0 Å². The number of hydrogen-bond acceptors (Lipinski definition) is 1. The molecular formula is C12H20O. The van der Waals surface area contributed by atoms with Crippen molar-refractivity contribution in [2.75, 3.05) is 0 Å². The van der Waals surface area contributed by atoms with Crippen molar-refractivity contribution in [1.82, 2.24) is 0 Å². The van der Waals surface area contributed by atoms with Crippen molar-refractivity contribution in [2.45, 2.75) is 34.6 Å². The van der Waals surface area contributed by atoms with Crippen molar-refractivity contribution in [3.05, 3.63) is 35.6 Å². The Morgan fingerprint density at radius 3 is 1.85 bits per heavy atom. The molecule has 13 heavy (non-hydrogen) atoms. The predicted octanol–water partition coefficient (Wildman–Crippen LogP) is 4.00. The highest BCUT2D eigenvalue weighted by Crippen LogP contribution is 2.29. The van der Waals surface area contributed by atoms with Crippen LogP contribution in [0.15, 0.2) is 35.6 Å². The lowest BCUT2D eigenvalue weighted by atomic mass is 9.85. The van der Waals surface area contributed by atoms with Crippen LogP contribution in [0.3, 0.4) is 0 Å². The third-order valence-corrected chi connectivity index (χ3v) is 1.70. The molecule has 0 rings (SSSR count). The van der Waals surface area contributed by atoms with Crippen molar-refractivity contribution >= 4 is 0 Å². The van der Waals surface area contributed by atoms with E-state index in [9.17, 15) is 5.11 Å². The van der Waals surface area contributed by atoms with Crippen molar-refractivity contribution in [3.8, 4) is 0 Å². The smallest absolute Gasteiger partial charge is 0.112 e. The van der Waals surface area contributed by atoms with Crippen LogP contribution >= 0.6 is 0 Å². The van der Waals surface area contributed by atoms with E-state index < -0.39 is 0 Å². The van der Waals surface area contributed by atoms with Crippen LogP contribution in [-0.2, 0) is 0 Å². The Morgan fingerprint density at radius 1 is 1.15 bits per heavy atom. The number of allylic oxidation sites excluding steroid dienone is 4. The molecule has 0 bridgehead atoms. The summed E-state index contributed by atoms with van der Waals surface area (Å²) in [5.41, 5.74) is 2.04. The summed E-state index contributed by atoms with van der Waals surface area (Å²) in [4.78, 5) is 0. The van der Waals surface area contributed by atoms with Gasteiger partial charge in [0.05, 0.1) is 0 Å². The molecule has 0 amide bonds. The number of hydrogen-bond donors (Lipinski definition) is 1. The minimum atomic E-state index is -0.0578. The second kappa shape index (κ2) is 4.31. The molecule has 0 aliphatic rings. The Labute approximate surface area is 81.5 Å². The summed E-state index contributed by atoms with van der Waals surface area (Å²) in [6, 6.07) is 0. The first-order valence-corrected chi connectivity index (χ1v) is 4.49.